The van der Waals surface area contributed by atoms with E-state index in [-0.39, 0.29) is 56.4 Å². The van der Waals surface area contributed by atoms with Crippen LogP contribution in [0.2, 0.25) is 5.02 Å². The Bertz CT molecular complexity index is 1520. The minimum atomic E-state index is -4.38. The third kappa shape index (κ3) is 4.15. The summed E-state index contributed by atoms with van der Waals surface area (Å²) in [4.78, 5) is 12.7. The van der Waals surface area contributed by atoms with Gasteiger partial charge in [0, 0.05) is 29.7 Å². The summed E-state index contributed by atoms with van der Waals surface area (Å²) in [5.74, 6) is -0.224. The highest BCUT2D eigenvalue weighted by Crippen LogP contribution is 2.43. The molecule has 10 nitrogen and oxygen atoms in total. The highest BCUT2D eigenvalue weighted by molar-refractivity contribution is 7.90. The molecule has 0 spiro atoms. The lowest BCUT2D eigenvalue weighted by atomic mass is 10.0. The lowest BCUT2D eigenvalue weighted by Gasteiger charge is -2.13. The molecule has 1 aliphatic rings. The Morgan fingerprint density at radius 1 is 1.24 bits per heavy atom. The number of sulfonamides is 1. The number of benzene rings is 1. The van der Waals surface area contributed by atoms with Gasteiger partial charge in [0.2, 0.25) is 16.8 Å². The Hall–Kier alpha value is -2.45. The van der Waals surface area contributed by atoms with Gasteiger partial charge in [-0.05, 0) is 19.4 Å². The van der Waals surface area contributed by atoms with Crippen LogP contribution in [0.5, 0.6) is 11.5 Å². The van der Waals surface area contributed by atoms with Gasteiger partial charge in [0.15, 0.2) is 32.9 Å². The SMILES string of the molecule is Cc1noc(-c2csc(C(=O)Cc3c(C)c(S(C)(=O)=O)cc4c3OCO4)c2S(N)(=O)=O)c1Cl. The van der Waals surface area contributed by atoms with Gasteiger partial charge < -0.3 is 14.0 Å². The number of fused-ring (bicyclic) bond motifs is 1. The number of nitrogens with zero attached hydrogens (tertiary/aromatic N) is 1. The summed E-state index contributed by atoms with van der Waals surface area (Å²) in [5, 5.41) is 10.6. The van der Waals surface area contributed by atoms with Crippen LogP contribution in [0.25, 0.3) is 11.3 Å². The maximum Gasteiger partial charge on any atom is 0.240 e. The number of aromatic nitrogens is 1. The predicted molar refractivity (Wildman–Crippen MR) is 119 cm³/mol. The third-order valence-corrected chi connectivity index (χ3v) is 8.87. The zero-order chi connectivity index (χ0) is 24.3. The molecule has 14 heteroatoms. The highest BCUT2D eigenvalue weighted by atomic mass is 35.5. The number of carbonyl (C=O) groups is 1. The molecule has 3 heterocycles. The summed E-state index contributed by atoms with van der Waals surface area (Å²) in [6.07, 6.45) is 0.684. The summed E-state index contributed by atoms with van der Waals surface area (Å²) in [5.41, 5.74) is 0.937. The van der Waals surface area contributed by atoms with Crippen LogP contribution in [0.4, 0.5) is 0 Å². The van der Waals surface area contributed by atoms with Gasteiger partial charge in [-0.2, -0.15) is 0 Å². The molecular formula is C19H17ClN2O8S3. The van der Waals surface area contributed by atoms with Crippen LogP contribution in [0.15, 0.2) is 25.8 Å². The Kier molecular flexibility index (Phi) is 5.81. The quantitative estimate of drug-likeness (QED) is 0.471. The molecule has 2 N–H and O–H groups in total. The number of ether oxygens (including phenoxy) is 2. The molecular weight excluding hydrogens is 516 g/mol. The molecule has 1 aromatic carbocycles. The van der Waals surface area contributed by atoms with E-state index in [2.05, 4.69) is 5.16 Å². The molecule has 4 rings (SSSR count). The van der Waals surface area contributed by atoms with Gasteiger partial charge in [0.25, 0.3) is 0 Å². The topological polar surface area (TPSA) is 156 Å². The number of hydrogen-bond acceptors (Lipinski definition) is 10. The second-order valence-electron chi connectivity index (χ2n) is 7.35. The monoisotopic (exact) mass is 532 g/mol. The van der Waals surface area contributed by atoms with Crippen molar-refractivity contribution in [2.24, 2.45) is 5.14 Å². The maximum absolute atomic E-state index is 13.3. The van der Waals surface area contributed by atoms with E-state index >= 15 is 0 Å². The van der Waals surface area contributed by atoms with Crippen LogP contribution in [0.1, 0.15) is 26.5 Å². The van der Waals surface area contributed by atoms with Crippen LogP contribution in [0.3, 0.4) is 0 Å². The lowest BCUT2D eigenvalue weighted by Crippen LogP contribution is -2.17. The minimum Gasteiger partial charge on any atom is -0.454 e. The van der Waals surface area contributed by atoms with Crippen molar-refractivity contribution < 1.29 is 35.6 Å². The molecule has 2 aromatic heterocycles. The Morgan fingerprint density at radius 2 is 1.94 bits per heavy atom. The number of Topliss-reactive ketones (excluding diaryl/α,β-unsaturated/α-hetero) is 1. The minimum absolute atomic E-state index is 0.0165. The average Bonchev–Trinajstić information content (AvgIpc) is 3.41. The fourth-order valence-corrected chi connectivity index (χ4v) is 6.97. The van der Waals surface area contributed by atoms with Crippen molar-refractivity contribution in [3.05, 3.63) is 38.2 Å². The first-order chi connectivity index (χ1) is 15.3. The second kappa shape index (κ2) is 8.09. The summed E-state index contributed by atoms with van der Waals surface area (Å²) in [7, 11) is -8.01. The Labute approximate surface area is 198 Å². The van der Waals surface area contributed by atoms with Crippen molar-refractivity contribution in [3.63, 3.8) is 0 Å². The molecule has 0 amide bonds. The molecule has 176 valence electrons. The summed E-state index contributed by atoms with van der Waals surface area (Å²) < 4.78 is 65.3. The maximum atomic E-state index is 13.3. The molecule has 33 heavy (non-hydrogen) atoms. The van der Waals surface area contributed by atoms with E-state index in [4.69, 9.17) is 30.7 Å². The van der Waals surface area contributed by atoms with Gasteiger partial charge >= 0.3 is 0 Å². The molecule has 0 radical (unpaired) electrons. The number of ketones is 1. The molecule has 1 aliphatic heterocycles. The van der Waals surface area contributed by atoms with Gasteiger partial charge in [-0.3, -0.25) is 4.79 Å². The number of carbonyl (C=O) groups excluding carboxylic acids is 1. The van der Waals surface area contributed by atoms with Gasteiger partial charge in [0.1, 0.15) is 9.92 Å². The summed E-state index contributed by atoms with van der Waals surface area (Å²) in [6, 6.07) is 1.34. The second-order valence-corrected chi connectivity index (χ2v) is 12.1. The van der Waals surface area contributed by atoms with Crippen molar-refractivity contribution in [1.29, 1.82) is 0 Å². The van der Waals surface area contributed by atoms with E-state index in [9.17, 15) is 21.6 Å². The third-order valence-electron chi connectivity index (χ3n) is 5.06. The first kappa shape index (κ1) is 23.7. The normalized spacial score (nSPS) is 13.5. The summed E-state index contributed by atoms with van der Waals surface area (Å²) in [6.45, 7) is 2.97. The van der Waals surface area contributed by atoms with E-state index in [1.165, 1.54) is 11.4 Å². The number of sulfone groups is 1. The molecule has 0 saturated heterocycles. The fourth-order valence-electron chi connectivity index (χ4n) is 3.52. The smallest absolute Gasteiger partial charge is 0.240 e. The number of rotatable bonds is 6. The van der Waals surface area contributed by atoms with E-state index in [1.807, 2.05) is 0 Å². The molecule has 0 saturated carbocycles. The standard InChI is InChI=1S/C19H17ClN2O8S3/c1-8-10(16-13(28-7-29-16)5-14(8)32(3,24)25)4-12(23)18-19(33(21,26)27)11(6-31-18)17-15(20)9(2)22-30-17/h5-6H,4,7H2,1-3H3,(H2,21,26,27). The van der Waals surface area contributed by atoms with Crippen molar-refractivity contribution in [3.8, 4) is 22.8 Å². The number of primary sulfonamides is 1. The van der Waals surface area contributed by atoms with Crippen molar-refractivity contribution in [1.82, 2.24) is 5.16 Å². The molecule has 0 unspecified atom stereocenters. The van der Waals surface area contributed by atoms with Gasteiger partial charge in [0.05, 0.1) is 21.0 Å². The Morgan fingerprint density at radius 3 is 2.52 bits per heavy atom. The largest absolute Gasteiger partial charge is 0.454 e. The molecule has 0 aliphatic carbocycles. The number of thiophene rings is 1. The first-order valence-corrected chi connectivity index (χ1v) is 13.9. The van der Waals surface area contributed by atoms with Crippen molar-refractivity contribution >= 4 is 48.6 Å². The highest BCUT2D eigenvalue weighted by Gasteiger charge is 2.32. The van der Waals surface area contributed by atoms with Crippen molar-refractivity contribution in [2.45, 2.75) is 30.1 Å². The molecule has 0 atom stereocenters. The molecule has 3 aromatic rings. The fraction of sp³-hybridized carbons (Fsp3) is 0.263. The number of aryl methyl sites for hydroxylation is 1. The average molecular weight is 533 g/mol. The van der Waals surface area contributed by atoms with E-state index < -0.39 is 30.5 Å². The number of halogens is 1. The predicted octanol–water partition coefficient (Wildman–Crippen LogP) is 2.88. The van der Waals surface area contributed by atoms with E-state index in [0.717, 1.165) is 17.6 Å². The van der Waals surface area contributed by atoms with E-state index in [0.29, 0.717) is 11.3 Å². The zero-order valence-electron chi connectivity index (χ0n) is 17.5. The molecule has 0 bridgehead atoms. The number of hydrogen-bond donors (Lipinski definition) is 1. The van der Waals surface area contributed by atoms with Crippen LogP contribution in [-0.4, -0.2) is 40.8 Å². The van der Waals surface area contributed by atoms with Crippen LogP contribution in [-0.2, 0) is 26.3 Å². The van der Waals surface area contributed by atoms with Gasteiger partial charge in [-0.25, -0.2) is 22.0 Å². The van der Waals surface area contributed by atoms with E-state index in [1.54, 1.807) is 13.8 Å². The Balaban J connectivity index is 1.85. The van der Waals surface area contributed by atoms with Crippen LogP contribution in [0, 0.1) is 13.8 Å². The van der Waals surface area contributed by atoms with Gasteiger partial charge in [-0.15, -0.1) is 11.3 Å². The lowest BCUT2D eigenvalue weighted by molar-refractivity contribution is 0.0992. The van der Waals surface area contributed by atoms with Gasteiger partial charge in [-0.1, -0.05) is 16.8 Å². The van der Waals surface area contributed by atoms with Crippen LogP contribution >= 0.6 is 22.9 Å². The summed E-state index contributed by atoms with van der Waals surface area (Å²) >= 11 is 7.02. The van der Waals surface area contributed by atoms with Crippen molar-refractivity contribution in [2.75, 3.05) is 13.0 Å². The first-order valence-electron chi connectivity index (χ1n) is 9.22. The van der Waals surface area contributed by atoms with Crippen LogP contribution < -0.4 is 14.6 Å². The molecule has 0 fully saturated rings. The zero-order valence-corrected chi connectivity index (χ0v) is 20.7. The number of nitrogens with two attached hydrogens (primary N) is 1.